The average molecular weight is 355 g/mol. The molecule has 0 fully saturated rings. The number of rotatable bonds is 5. The molecule has 2 N–H and O–H groups in total. The summed E-state index contributed by atoms with van der Waals surface area (Å²) in [5, 5.41) is 7.11. The van der Waals surface area contributed by atoms with Crippen LogP contribution in [0.5, 0.6) is 0 Å². The van der Waals surface area contributed by atoms with Gasteiger partial charge in [0.1, 0.15) is 5.82 Å². The Morgan fingerprint density at radius 3 is 2.56 bits per heavy atom. The van der Waals surface area contributed by atoms with E-state index in [4.69, 9.17) is 0 Å². The fraction of sp³-hybridized carbons (Fsp3) is 0.0476. The van der Waals surface area contributed by atoms with Crippen molar-refractivity contribution in [1.29, 1.82) is 0 Å². The third kappa shape index (κ3) is 3.90. The molecular formula is C21H17N5O. The van der Waals surface area contributed by atoms with Crippen LogP contribution < -0.4 is 10.6 Å². The second-order valence-electron chi connectivity index (χ2n) is 5.98. The number of hydrogen-bond acceptors (Lipinski definition) is 5. The van der Waals surface area contributed by atoms with E-state index in [2.05, 4.69) is 25.6 Å². The Hall–Kier alpha value is -3.80. The van der Waals surface area contributed by atoms with Gasteiger partial charge in [0.15, 0.2) is 0 Å². The number of pyridine rings is 3. The highest BCUT2D eigenvalue weighted by atomic mass is 16.1. The molecule has 1 aromatic carbocycles. The fourth-order valence-electron chi connectivity index (χ4n) is 2.73. The predicted molar refractivity (Wildman–Crippen MR) is 105 cm³/mol. The van der Waals surface area contributed by atoms with Gasteiger partial charge in [-0.2, -0.15) is 0 Å². The zero-order chi connectivity index (χ0) is 18.5. The molecule has 0 aliphatic carbocycles. The van der Waals surface area contributed by atoms with E-state index in [9.17, 15) is 4.79 Å². The standard InChI is InChI=1S/C21H17N5O/c27-21(26-18-5-1-3-16-4-2-10-23-20(16)18)17-6-7-19(25-14-17)24-13-15-8-11-22-12-9-15/h1-12,14H,13H2,(H,24,25)(H,26,27). The molecule has 1 amide bonds. The fourth-order valence-corrected chi connectivity index (χ4v) is 2.73. The van der Waals surface area contributed by atoms with E-state index in [1.165, 1.54) is 0 Å². The Morgan fingerprint density at radius 2 is 1.74 bits per heavy atom. The summed E-state index contributed by atoms with van der Waals surface area (Å²) in [7, 11) is 0. The minimum atomic E-state index is -0.221. The molecule has 0 bridgehead atoms. The lowest BCUT2D eigenvalue weighted by Gasteiger charge is -2.09. The molecule has 0 aliphatic rings. The van der Waals surface area contributed by atoms with Crippen molar-refractivity contribution in [3.8, 4) is 0 Å². The molecular weight excluding hydrogens is 338 g/mol. The summed E-state index contributed by atoms with van der Waals surface area (Å²) in [6.07, 6.45) is 6.77. The molecule has 132 valence electrons. The zero-order valence-corrected chi connectivity index (χ0v) is 14.5. The van der Waals surface area contributed by atoms with Crippen LogP contribution in [0.15, 0.2) is 79.4 Å². The summed E-state index contributed by atoms with van der Waals surface area (Å²) in [5.41, 5.74) is 3.03. The lowest BCUT2D eigenvalue weighted by Crippen LogP contribution is -2.13. The van der Waals surface area contributed by atoms with Gasteiger partial charge in [0.25, 0.3) is 5.91 Å². The molecule has 3 heterocycles. The molecule has 0 unspecified atom stereocenters. The molecule has 0 radical (unpaired) electrons. The summed E-state index contributed by atoms with van der Waals surface area (Å²) < 4.78 is 0. The van der Waals surface area contributed by atoms with E-state index >= 15 is 0 Å². The molecule has 0 spiro atoms. The van der Waals surface area contributed by atoms with Crippen LogP contribution in [0.2, 0.25) is 0 Å². The first kappa shape index (κ1) is 16.7. The van der Waals surface area contributed by atoms with E-state index in [1.54, 1.807) is 36.9 Å². The summed E-state index contributed by atoms with van der Waals surface area (Å²) in [4.78, 5) is 25.2. The number of amides is 1. The minimum Gasteiger partial charge on any atom is -0.366 e. The van der Waals surface area contributed by atoms with Gasteiger partial charge < -0.3 is 10.6 Å². The van der Waals surface area contributed by atoms with E-state index < -0.39 is 0 Å². The Bertz CT molecular complexity index is 1060. The summed E-state index contributed by atoms with van der Waals surface area (Å²) in [6, 6.07) is 16.9. The number of hydrogen-bond donors (Lipinski definition) is 2. The second-order valence-corrected chi connectivity index (χ2v) is 5.98. The predicted octanol–water partition coefficient (Wildman–Crippen LogP) is 3.89. The van der Waals surface area contributed by atoms with Crippen molar-refractivity contribution in [3.63, 3.8) is 0 Å². The lowest BCUT2D eigenvalue weighted by atomic mass is 10.2. The van der Waals surface area contributed by atoms with Gasteiger partial charge in [-0.1, -0.05) is 18.2 Å². The highest BCUT2D eigenvalue weighted by molar-refractivity contribution is 6.08. The molecule has 4 aromatic rings. The number of nitrogens with zero attached hydrogens (tertiary/aromatic N) is 3. The maximum atomic E-state index is 12.5. The van der Waals surface area contributed by atoms with Crippen LogP contribution >= 0.6 is 0 Å². The van der Waals surface area contributed by atoms with Crippen LogP contribution in [0, 0.1) is 0 Å². The number of benzene rings is 1. The molecule has 0 saturated heterocycles. The molecule has 6 heteroatoms. The highest BCUT2D eigenvalue weighted by Gasteiger charge is 2.09. The van der Waals surface area contributed by atoms with Gasteiger partial charge in [0, 0.05) is 36.7 Å². The molecule has 6 nitrogen and oxygen atoms in total. The van der Waals surface area contributed by atoms with E-state index in [0.717, 1.165) is 16.5 Å². The van der Waals surface area contributed by atoms with Crippen LogP contribution in [-0.4, -0.2) is 20.9 Å². The third-order valence-corrected chi connectivity index (χ3v) is 4.13. The second kappa shape index (κ2) is 7.61. The van der Waals surface area contributed by atoms with Crippen LogP contribution in [0.3, 0.4) is 0 Å². The molecule has 0 atom stereocenters. The third-order valence-electron chi connectivity index (χ3n) is 4.13. The number of para-hydroxylation sites is 1. The van der Waals surface area contributed by atoms with E-state index in [0.29, 0.717) is 23.6 Å². The van der Waals surface area contributed by atoms with Crippen molar-refractivity contribution in [2.24, 2.45) is 0 Å². The Balaban J connectivity index is 1.44. The summed E-state index contributed by atoms with van der Waals surface area (Å²) in [6.45, 7) is 0.642. The first-order chi connectivity index (χ1) is 13.3. The zero-order valence-electron chi connectivity index (χ0n) is 14.5. The van der Waals surface area contributed by atoms with Crippen molar-refractivity contribution >= 4 is 28.3 Å². The number of fused-ring (bicyclic) bond motifs is 1. The van der Waals surface area contributed by atoms with Crippen molar-refractivity contribution in [2.75, 3.05) is 10.6 Å². The first-order valence-electron chi connectivity index (χ1n) is 8.53. The van der Waals surface area contributed by atoms with Crippen molar-refractivity contribution in [2.45, 2.75) is 6.54 Å². The lowest BCUT2D eigenvalue weighted by molar-refractivity contribution is 0.102. The molecule has 27 heavy (non-hydrogen) atoms. The minimum absolute atomic E-state index is 0.221. The summed E-state index contributed by atoms with van der Waals surface area (Å²) >= 11 is 0. The van der Waals surface area contributed by atoms with Gasteiger partial charge in [-0.15, -0.1) is 0 Å². The van der Waals surface area contributed by atoms with Crippen LogP contribution in [0.1, 0.15) is 15.9 Å². The Morgan fingerprint density at radius 1 is 0.889 bits per heavy atom. The first-order valence-corrected chi connectivity index (χ1v) is 8.53. The monoisotopic (exact) mass is 355 g/mol. The molecule has 3 aromatic heterocycles. The summed E-state index contributed by atoms with van der Waals surface area (Å²) in [5.74, 6) is 0.483. The number of carbonyl (C=O) groups excluding carboxylic acids is 1. The average Bonchev–Trinajstić information content (AvgIpc) is 2.74. The number of aromatic nitrogens is 3. The highest BCUT2D eigenvalue weighted by Crippen LogP contribution is 2.21. The van der Waals surface area contributed by atoms with E-state index in [1.807, 2.05) is 42.5 Å². The van der Waals surface area contributed by atoms with Gasteiger partial charge in [-0.3, -0.25) is 14.8 Å². The van der Waals surface area contributed by atoms with Crippen molar-refractivity contribution < 1.29 is 4.79 Å². The normalized spacial score (nSPS) is 10.5. The van der Waals surface area contributed by atoms with E-state index in [-0.39, 0.29) is 5.91 Å². The maximum Gasteiger partial charge on any atom is 0.257 e. The number of nitrogens with one attached hydrogen (secondary N) is 2. The van der Waals surface area contributed by atoms with Crippen molar-refractivity contribution in [1.82, 2.24) is 15.0 Å². The number of anilines is 2. The van der Waals surface area contributed by atoms with Gasteiger partial charge in [0.2, 0.25) is 0 Å². The Kier molecular flexibility index (Phi) is 4.70. The van der Waals surface area contributed by atoms with Crippen LogP contribution in [0.4, 0.5) is 11.5 Å². The maximum absolute atomic E-state index is 12.5. The topological polar surface area (TPSA) is 79.8 Å². The van der Waals surface area contributed by atoms with Gasteiger partial charge in [-0.05, 0) is 42.0 Å². The molecule has 4 rings (SSSR count). The number of carbonyl (C=O) groups is 1. The smallest absolute Gasteiger partial charge is 0.257 e. The molecule has 0 saturated carbocycles. The van der Waals surface area contributed by atoms with Crippen LogP contribution in [0.25, 0.3) is 10.9 Å². The largest absolute Gasteiger partial charge is 0.366 e. The molecule has 0 aliphatic heterocycles. The van der Waals surface area contributed by atoms with Crippen LogP contribution in [-0.2, 0) is 6.54 Å². The van der Waals surface area contributed by atoms with Crippen molar-refractivity contribution in [3.05, 3.63) is 90.5 Å². The Labute approximate surface area is 156 Å². The van der Waals surface area contributed by atoms with Gasteiger partial charge in [0.05, 0.1) is 16.8 Å². The van der Waals surface area contributed by atoms with Gasteiger partial charge >= 0.3 is 0 Å². The SMILES string of the molecule is O=C(Nc1cccc2cccnc12)c1ccc(NCc2ccncc2)nc1. The van der Waals surface area contributed by atoms with Gasteiger partial charge in [-0.25, -0.2) is 4.98 Å². The quantitative estimate of drug-likeness (QED) is 0.568.